The second kappa shape index (κ2) is 5.44. The van der Waals surface area contributed by atoms with Crippen LogP contribution < -0.4 is 0 Å². The van der Waals surface area contributed by atoms with Crippen molar-refractivity contribution in [3.8, 4) is 0 Å². The lowest BCUT2D eigenvalue weighted by Crippen LogP contribution is -2.54. The van der Waals surface area contributed by atoms with Gasteiger partial charge in [0.05, 0.1) is 6.10 Å². The first kappa shape index (κ1) is 17.8. The molecule has 1 N–H and O–H groups in total. The smallest absolute Gasteiger partial charge is 0.136 e. The summed E-state index contributed by atoms with van der Waals surface area (Å²) in [4.78, 5) is 12.7. The van der Waals surface area contributed by atoms with E-state index in [0.29, 0.717) is 23.0 Å². The summed E-state index contributed by atoms with van der Waals surface area (Å²) in [7, 11) is 0. The van der Waals surface area contributed by atoms with E-state index in [2.05, 4.69) is 33.8 Å². The van der Waals surface area contributed by atoms with Gasteiger partial charge < -0.3 is 5.11 Å². The van der Waals surface area contributed by atoms with E-state index in [-0.39, 0.29) is 16.9 Å². The molecule has 0 aromatic rings. The maximum absolute atomic E-state index is 12.7. The van der Waals surface area contributed by atoms with Gasteiger partial charge in [-0.1, -0.05) is 39.3 Å². The third kappa shape index (κ3) is 2.10. The fourth-order valence-electron chi connectivity index (χ4n) is 8.04. The third-order valence-electron chi connectivity index (χ3n) is 9.99. The van der Waals surface area contributed by atoms with Crippen molar-refractivity contribution in [2.75, 3.05) is 0 Å². The molecule has 0 unspecified atom stereocenters. The molecule has 0 aromatic heterocycles. The number of hydrogen-bond acceptors (Lipinski definition) is 2. The molecule has 140 valence electrons. The van der Waals surface area contributed by atoms with Gasteiger partial charge in [-0.2, -0.15) is 0 Å². The summed E-state index contributed by atoms with van der Waals surface area (Å²) in [6.07, 6.45) is 10.1. The number of ketones is 1. The highest BCUT2D eigenvalue weighted by Gasteiger charge is 2.66. The monoisotopic (exact) mass is 344 g/mol. The number of Topliss-reactive ketones (excluding diaryl/α,β-unsaturated/α-hetero) is 1. The zero-order valence-electron chi connectivity index (χ0n) is 16.8. The first-order valence-corrected chi connectivity index (χ1v) is 10.5. The number of fused-ring (bicyclic) bond motifs is 5. The molecule has 8 atom stereocenters. The van der Waals surface area contributed by atoms with Crippen molar-refractivity contribution in [1.82, 2.24) is 0 Å². The van der Waals surface area contributed by atoms with Crippen molar-refractivity contribution in [2.45, 2.75) is 85.7 Å². The molecule has 0 aliphatic heterocycles. The van der Waals surface area contributed by atoms with Gasteiger partial charge in [0.1, 0.15) is 5.78 Å². The van der Waals surface area contributed by atoms with Gasteiger partial charge in [-0.25, -0.2) is 0 Å². The number of aliphatic hydroxyl groups is 1. The van der Waals surface area contributed by atoms with E-state index in [1.54, 1.807) is 0 Å². The normalized spacial score (nSPS) is 55.0. The summed E-state index contributed by atoms with van der Waals surface area (Å²) in [6, 6.07) is 0. The molecule has 0 spiro atoms. The van der Waals surface area contributed by atoms with Crippen LogP contribution in [0.15, 0.2) is 11.6 Å². The van der Waals surface area contributed by atoms with E-state index in [1.165, 1.54) is 31.3 Å². The van der Waals surface area contributed by atoms with Crippen LogP contribution in [-0.4, -0.2) is 17.0 Å². The van der Waals surface area contributed by atoms with Gasteiger partial charge in [-0.3, -0.25) is 4.79 Å². The van der Waals surface area contributed by atoms with Crippen LogP contribution in [0, 0.1) is 39.9 Å². The second-order valence-electron chi connectivity index (χ2n) is 10.5. The van der Waals surface area contributed by atoms with Crippen molar-refractivity contribution in [3.05, 3.63) is 11.6 Å². The third-order valence-corrected chi connectivity index (χ3v) is 9.99. The number of carbonyl (C=O) groups is 1. The van der Waals surface area contributed by atoms with Crippen LogP contribution in [0.2, 0.25) is 0 Å². The van der Waals surface area contributed by atoms with E-state index < -0.39 is 0 Å². The Hall–Kier alpha value is -0.630. The summed E-state index contributed by atoms with van der Waals surface area (Å²) >= 11 is 0. The molecule has 4 rings (SSSR count). The molecule has 0 aromatic carbocycles. The zero-order chi connectivity index (χ0) is 18.2. The molecule has 25 heavy (non-hydrogen) atoms. The maximum Gasteiger partial charge on any atom is 0.136 e. The highest BCUT2D eigenvalue weighted by Crippen LogP contribution is 2.71. The molecule has 3 fully saturated rings. The highest BCUT2D eigenvalue weighted by molar-refractivity contribution is 5.83. The number of carbonyl (C=O) groups excluding carboxylic acids is 1. The molecule has 0 heterocycles. The predicted molar refractivity (Wildman–Crippen MR) is 101 cm³/mol. The van der Waals surface area contributed by atoms with Crippen LogP contribution in [0.3, 0.4) is 0 Å². The number of hydrogen-bond donors (Lipinski definition) is 1. The van der Waals surface area contributed by atoms with Crippen molar-refractivity contribution in [2.24, 2.45) is 39.9 Å². The van der Waals surface area contributed by atoms with Gasteiger partial charge in [-0.15, -0.1) is 0 Å². The molecule has 0 bridgehead atoms. The lowest BCUT2D eigenvalue weighted by atomic mass is 9.45. The highest BCUT2D eigenvalue weighted by atomic mass is 16.3. The minimum absolute atomic E-state index is 0.150. The van der Waals surface area contributed by atoms with E-state index in [4.69, 9.17) is 0 Å². The average molecular weight is 345 g/mol. The first-order valence-electron chi connectivity index (χ1n) is 10.5. The van der Waals surface area contributed by atoms with Crippen LogP contribution in [0.25, 0.3) is 0 Å². The Bertz CT molecular complexity index is 622. The Morgan fingerprint density at radius 3 is 2.52 bits per heavy atom. The topological polar surface area (TPSA) is 37.3 Å². The Balaban J connectivity index is 1.71. The quantitative estimate of drug-likeness (QED) is 0.668. The molecule has 0 amide bonds. The van der Waals surface area contributed by atoms with Gasteiger partial charge in [0, 0.05) is 5.41 Å². The molecule has 2 heteroatoms. The van der Waals surface area contributed by atoms with Gasteiger partial charge >= 0.3 is 0 Å². The van der Waals surface area contributed by atoms with Crippen LogP contribution in [0.5, 0.6) is 0 Å². The van der Waals surface area contributed by atoms with E-state index in [9.17, 15) is 9.90 Å². The van der Waals surface area contributed by atoms with Crippen molar-refractivity contribution in [3.63, 3.8) is 0 Å². The van der Waals surface area contributed by atoms with Gasteiger partial charge in [0.15, 0.2) is 0 Å². The summed E-state index contributed by atoms with van der Waals surface area (Å²) in [5.41, 5.74) is 1.85. The molecule has 2 nitrogen and oxygen atoms in total. The molecule has 0 radical (unpaired) electrons. The van der Waals surface area contributed by atoms with Crippen molar-refractivity contribution < 1.29 is 9.90 Å². The zero-order valence-corrected chi connectivity index (χ0v) is 16.8. The molecule has 0 saturated heterocycles. The Labute approximate surface area is 153 Å². The van der Waals surface area contributed by atoms with E-state index >= 15 is 0 Å². The number of allylic oxidation sites excluding steroid dienone is 1. The first-order chi connectivity index (χ1) is 11.6. The van der Waals surface area contributed by atoms with Crippen LogP contribution in [0.1, 0.15) is 79.6 Å². The second-order valence-corrected chi connectivity index (χ2v) is 10.5. The average Bonchev–Trinajstić information content (AvgIpc) is 2.77. The van der Waals surface area contributed by atoms with Crippen LogP contribution in [-0.2, 0) is 4.79 Å². The Kier molecular flexibility index (Phi) is 3.87. The summed E-state index contributed by atoms with van der Waals surface area (Å²) < 4.78 is 0. The summed E-state index contributed by atoms with van der Waals surface area (Å²) in [5, 5.41) is 10.1. The van der Waals surface area contributed by atoms with Crippen molar-refractivity contribution in [1.29, 1.82) is 0 Å². The van der Waals surface area contributed by atoms with Crippen LogP contribution in [0.4, 0.5) is 0 Å². The minimum Gasteiger partial charge on any atom is -0.389 e. The van der Waals surface area contributed by atoms with Crippen LogP contribution >= 0.6 is 0 Å². The lowest BCUT2D eigenvalue weighted by Gasteiger charge is -2.59. The van der Waals surface area contributed by atoms with Gasteiger partial charge in [-0.05, 0) is 86.4 Å². The minimum atomic E-state index is -0.221. The maximum atomic E-state index is 12.7. The number of rotatable bonds is 1. The Morgan fingerprint density at radius 1 is 1.12 bits per heavy atom. The van der Waals surface area contributed by atoms with E-state index in [1.807, 2.05) is 6.92 Å². The SMILES string of the molecule is CC(=O)[C@@]1(C)[C@H](C)C[C@H]2[C@@H]3CCC4=C[C@@H](O)CC[C@]4(C)[C@H]3CC[C@@]21C. The standard InChI is InChI=1S/C23H36O2/c1-14-12-20-18-7-6-16-13-17(25)8-10-21(16,3)19(18)9-11-22(20,4)23(14,5)15(2)24/h13-14,17-20,25H,6-12H2,1-5H3/t14-,17+,18-,19+,20+,21+,22+,23-/m1/s1. The van der Waals surface area contributed by atoms with Gasteiger partial charge in [0.25, 0.3) is 0 Å². The van der Waals surface area contributed by atoms with Crippen molar-refractivity contribution >= 4 is 5.78 Å². The lowest BCUT2D eigenvalue weighted by molar-refractivity contribution is -0.141. The molecule has 3 saturated carbocycles. The molecule has 4 aliphatic carbocycles. The Morgan fingerprint density at radius 2 is 1.84 bits per heavy atom. The number of aliphatic hydroxyl groups excluding tert-OH is 1. The fourth-order valence-corrected chi connectivity index (χ4v) is 8.04. The largest absolute Gasteiger partial charge is 0.389 e. The van der Waals surface area contributed by atoms with E-state index in [0.717, 1.165) is 31.1 Å². The predicted octanol–water partition coefficient (Wildman–Crippen LogP) is 5.15. The molecular formula is C23H36O2. The fraction of sp³-hybridized carbons (Fsp3) is 0.870. The molecule has 4 aliphatic rings. The summed E-state index contributed by atoms with van der Waals surface area (Å²) in [6.45, 7) is 11.4. The molecular weight excluding hydrogens is 308 g/mol. The summed E-state index contributed by atoms with van der Waals surface area (Å²) in [5.74, 6) is 3.11. The van der Waals surface area contributed by atoms with Gasteiger partial charge in [0.2, 0.25) is 0 Å².